The predicted molar refractivity (Wildman–Crippen MR) is 110 cm³/mol. The van der Waals surface area contributed by atoms with Gasteiger partial charge in [-0.15, -0.1) is 21.5 Å². The molecule has 9 nitrogen and oxygen atoms in total. The van der Waals surface area contributed by atoms with Crippen molar-refractivity contribution in [2.45, 2.75) is 33.4 Å². The summed E-state index contributed by atoms with van der Waals surface area (Å²) in [6.45, 7) is 10.6. The van der Waals surface area contributed by atoms with Crippen LogP contribution in [0.2, 0.25) is 0 Å². The zero-order valence-electron chi connectivity index (χ0n) is 16.9. The fourth-order valence-electron chi connectivity index (χ4n) is 2.82. The number of thiazole rings is 1. The highest BCUT2D eigenvalue weighted by molar-refractivity contribution is 7.11. The van der Waals surface area contributed by atoms with E-state index >= 15 is 0 Å². The number of rotatable bonds is 8. The van der Waals surface area contributed by atoms with Gasteiger partial charge in [-0.2, -0.15) is 0 Å². The fourth-order valence-corrected chi connectivity index (χ4v) is 3.62. The van der Waals surface area contributed by atoms with Gasteiger partial charge in [0.1, 0.15) is 17.4 Å². The van der Waals surface area contributed by atoms with Crippen LogP contribution in [0.5, 0.6) is 0 Å². The van der Waals surface area contributed by atoms with Gasteiger partial charge in [0.2, 0.25) is 0 Å². The summed E-state index contributed by atoms with van der Waals surface area (Å²) in [4.78, 5) is 12.9. The van der Waals surface area contributed by atoms with E-state index in [0.29, 0.717) is 13.1 Å². The van der Waals surface area contributed by atoms with Crippen LogP contribution < -0.4 is 10.6 Å². The van der Waals surface area contributed by atoms with E-state index in [0.717, 1.165) is 68.4 Å². The Kier molecular flexibility index (Phi) is 7.75. The van der Waals surface area contributed by atoms with E-state index in [9.17, 15) is 0 Å². The average molecular weight is 407 g/mol. The molecule has 28 heavy (non-hydrogen) atoms. The van der Waals surface area contributed by atoms with Crippen molar-refractivity contribution in [2.24, 2.45) is 12.0 Å². The van der Waals surface area contributed by atoms with Crippen molar-refractivity contribution < 1.29 is 4.74 Å². The molecule has 0 aliphatic carbocycles. The Morgan fingerprint density at radius 1 is 1.29 bits per heavy atom. The van der Waals surface area contributed by atoms with Gasteiger partial charge in [-0.3, -0.25) is 4.90 Å². The highest BCUT2D eigenvalue weighted by Gasteiger charge is 2.11. The molecule has 0 spiro atoms. The molecular weight excluding hydrogens is 376 g/mol. The van der Waals surface area contributed by atoms with Crippen LogP contribution in [0.4, 0.5) is 0 Å². The van der Waals surface area contributed by atoms with Gasteiger partial charge in [0.15, 0.2) is 11.8 Å². The first-order chi connectivity index (χ1) is 13.7. The quantitative estimate of drug-likeness (QED) is 0.493. The van der Waals surface area contributed by atoms with Gasteiger partial charge >= 0.3 is 0 Å². The van der Waals surface area contributed by atoms with Crippen molar-refractivity contribution in [3.05, 3.63) is 27.7 Å². The molecule has 154 valence electrons. The lowest BCUT2D eigenvalue weighted by Gasteiger charge is -2.26. The summed E-state index contributed by atoms with van der Waals surface area (Å²) in [7, 11) is 1.96. The molecule has 1 aliphatic heterocycles. The second kappa shape index (κ2) is 10.5. The Morgan fingerprint density at radius 3 is 2.79 bits per heavy atom. The molecule has 1 aliphatic rings. The third-order valence-electron chi connectivity index (χ3n) is 4.74. The SMILES string of the molecule is CCc1cnc(CNC(=NCc2nnc(C)n2C)NCCN2CCOCC2)s1. The maximum atomic E-state index is 5.41. The van der Waals surface area contributed by atoms with Crippen LogP contribution in [0.15, 0.2) is 11.2 Å². The summed E-state index contributed by atoms with van der Waals surface area (Å²) in [5.41, 5.74) is 0. The normalized spacial score (nSPS) is 15.8. The van der Waals surface area contributed by atoms with E-state index in [1.807, 2.05) is 24.7 Å². The Labute approximate surface area is 170 Å². The minimum Gasteiger partial charge on any atom is -0.379 e. The average Bonchev–Trinajstić information content (AvgIpc) is 3.31. The van der Waals surface area contributed by atoms with Crippen molar-refractivity contribution >= 4 is 17.3 Å². The first kappa shape index (κ1) is 20.7. The van der Waals surface area contributed by atoms with Crippen molar-refractivity contribution in [2.75, 3.05) is 39.4 Å². The highest BCUT2D eigenvalue weighted by Crippen LogP contribution is 2.12. The monoisotopic (exact) mass is 406 g/mol. The van der Waals surface area contributed by atoms with E-state index in [1.165, 1.54) is 4.88 Å². The molecule has 0 amide bonds. The smallest absolute Gasteiger partial charge is 0.192 e. The Morgan fingerprint density at radius 2 is 2.11 bits per heavy atom. The minimum absolute atomic E-state index is 0.475. The molecule has 2 N–H and O–H groups in total. The molecule has 2 aromatic rings. The lowest BCUT2D eigenvalue weighted by molar-refractivity contribution is 0.0389. The van der Waals surface area contributed by atoms with E-state index in [2.05, 4.69) is 37.6 Å². The molecule has 0 aromatic carbocycles. The van der Waals surface area contributed by atoms with Gasteiger partial charge in [-0.1, -0.05) is 6.92 Å². The molecule has 1 fully saturated rings. The number of hydrogen-bond acceptors (Lipinski definition) is 7. The standard InChI is InChI=1S/C18H30N8OS/c1-4-15-11-20-17(28-15)13-22-18(19-5-6-26-7-9-27-10-8-26)21-12-16-24-23-14(2)25(16)3/h11H,4-10,12-13H2,1-3H3,(H2,19,21,22). The summed E-state index contributed by atoms with van der Waals surface area (Å²) in [5, 5.41) is 16.2. The number of nitrogens with one attached hydrogen (secondary N) is 2. The van der Waals surface area contributed by atoms with Crippen LogP contribution in [0.1, 0.15) is 28.5 Å². The molecule has 0 atom stereocenters. The van der Waals surface area contributed by atoms with Gasteiger partial charge in [-0.05, 0) is 13.3 Å². The zero-order chi connectivity index (χ0) is 19.8. The second-order valence-electron chi connectivity index (χ2n) is 6.70. The van der Waals surface area contributed by atoms with Gasteiger partial charge in [-0.25, -0.2) is 9.98 Å². The van der Waals surface area contributed by atoms with Crippen LogP contribution in [0, 0.1) is 6.92 Å². The summed E-state index contributed by atoms with van der Waals surface area (Å²) in [5.74, 6) is 2.49. The number of aryl methyl sites for hydroxylation is 2. The molecule has 0 saturated carbocycles. The maximum Gasteiger partial charge on any atom is 0.192 e. The minimum atomic E-state index is 0.475. The first-order valence-corrected chi connectivity index (χ1v) is 10.6. The Hall–Kier alpha value is -2.04. The van der Waals surface area contributed by atoms with Crippen LogP contribution in [-0.4, -0.2) is 70.0 Å². The summed E-state index contributed by atoms with van der Waals surface area (Å²) < 4.78 is 7.37. The third-order valence-corrected chi connectivity index (χ3v) is 5.88. The number of aliphatic imine (C=N–C) groups is 1. The van der Waals surface area contributed by atoms with E-state index in [-0.39, 0.29) is 0 Å². The molecule has 0 radical (unpaired) electrons. The zero-order valence-corrected chi connectivity index (χ0v) is 17.8. The first-order valence-electron chi connectivity index (χ1n) is 9.76. The molecule has 2 aromatic heterocycles. The second-order valence-corrected chi connectivity index (χ2v) is 7.90. The molecule has 3 heterocycles. The van der Waals surface area contributed by atoms with Crippen molar-refractivity contribution in [3.8, 4) is 0 Å². The van der Waals surface area contributed by atoms with E-state index in [1.54, 1.807) is 11.3 Å². The molecule has 3 rings (SSSR count). The third kappa shape index (κ3) is 5.98. The van der Waals surface area contributed by atoms with Gasteiger partial charge in [0.25, 0.3) is 0 Å². The topological polar surface area (TPSA) is 92.5 Å². The lowest BCUT2D eigenvalue weighted by atomic mass is 10.4. The van der Waals surface area contributed by atoms with Gasteiger partial charge < -0.3 is 19.9 Å². The number of guanidine groups is 1. The molecule has 10 heteroatoms. The number of aromatic nitrogens is 4. The lowest BCUT2D eigenvalue weighted by Crippen LogP contribution is -2.44. The molecule has 1 saturated heterocycles. The summed E-state index contributed by atoms with van der Waals surface area (Å²) in [6.07, 6.45) is 2.97. The predicted octanol–water partition coefficient (Wildman–Crippen LogP) is 0.710. The van der Waals surface area contributed by atoms with Crippen molar-refractivity contribution in [1.82, 2.24) is 35.3 Å². The van der Waals surface area contributed by atoms with E-state index in [4.69, 9.17) is 9.73 Å². The van der Waals surface area contributed by atoms with Gasteiger partial charge in [0.05, 0.1) is 19.8 Å². The molecular formula is C18H30N8OS. The fraction of sp³-hybridized carbons (Fsp3) is 0.667. The van der Waals surface area contributed by atoms with Crippen LogP contribution >= 0.6 is 11.3 Å². The molecule has 0 bridgehead atoms. The van der Waals surface area contributed by atoms with Crippen LogP contribution in [0.25, 0.3) is 0 Å². The Balaban J connectivity index is 1.56. The van der Waals surface area contributed by atoms with Crippen molar-refractivity contribution in [1.29, 1.82) is 0 Å². The number of nitrogens with zero attached hydrogens (tertiary/aromatic N) is 6. The number of morpholine rings is 1. The Bertz CT molecular complexity index is 765. The number of hydrogen-bond donors (Lipinski definition) is 2. The largest absolute Gasteiger partial charge is 0.379 e. The number of ether oxygens (including phenoxy) is 1. The summed E-state index contributed by atoms with van der Waals surface area (Å²) >= 11 is 1.74. The maximum absolute atomic E-state index is 5.41. The van der Waals surface area contributed by atoms with Crippen LogP contribution in [0.3, 0.4) is 0 Å². The van der Waals surface area contributed by atoms with Crippen LogP contribution in [-0.2, 0) is 31.3 Å². The van der Waals surface area contributed by atoms with Gasteiger partial charge in [0, 0.05) is 44.3 Å². The summed E-state index contributed by atoms with van der Waals surface area (Å²) in [6, 6.07) is 0. The highest BCUT2D eigenvalue weighted by atomic mass is 32.1. The molecule has 0 unspecified atom stereocenters. The van der Waals surface area contributed by atoms with E-state index < -0.39 is 0 Å². The van der Waals surface area contributed by atoms with Crippen molar-refractivity contribution in [3.63, 3.8) is 0 Å².